The Bertz CT molecular complexity index is 1230. The average molecular weight is 532 g/mol. The highest BCUT2D eigenvalue weighted by molar-refractivity contribution is 6.15. The molecule has 2 N–H and O–H groups in total. The monoisotopic (exact) mass is 531 g/mol. The number of hydrogen-bond donors (Lipinski definition) is 1. The van der Waals surface area contributed by atoms with Crippen LogP contribution in [0.4, 0.5) is 0 Å². The van der Waals surface area contributed by atoms with Crippen LogP contribution in [0.2, 0.25) is 0 Å². The van der Waals surface area contributed by atoms with Crippen LogP contribution in [0.15, 0.2) is 46.4 Å². The maximum absolute atomic E-state index is 13.0. The van der Waals surface area contributed by atoms with Crippen molar-refractivity contribution in [2.75, 3.05) is 46.9 Å². The number of methoxy groups -OCH3 is 1. The van der Waals surface area contributed by atoms with E-state index in [-0.39, 0.29) is 11.9 Å². The Morgan fingerprint density at radius 1 is 1.05 bits per heavy atom. The van der Waals surface area contributed by atoms with Gasteiger partial charge in [-0.05, 0) is 69.6 Å². The van der Waals surface area contributed by atoms with Crippen molar-refractivity contribution in [1.29, 1.82) is 0 Å². The lowest BCUT2D eigenvalue weighted by Gasteiger charge is -2.39. The molecule has 8 nitrogen and oxygen atoms in total. The van der Waals surface area contributed by atoms with Gasteiger partial charge < -0.3 is 25.0 Å². The Balaban J connectivity index is 1.43. The Morgan fingerprint density at radius 3 is 2.46 bits per heavy atom. The second-order valence-electron chi connectivity index (χ2n) is 10.8. The number of guanidine groups is 1. The number of hydrogen-bond acceptors (Lipinski definition) is 5. The maximum atomic E-state index is 13.0. The van der Waals surface area contributed by atoms with Crippen molar-refractivity contribution in [2.24, 2.45) is 15.7 Å². The highest BCUT2D eigenvalue weighted by Crippen LogP contribution is 2.42. The number of piperidine rings is 1. The minimum Gasteiger partial charge on any atom is -0.493 e. The molecule has 2 aromatic carbocycles. The Labute approximate surface area is 231 Å². The number of benzene rings is 2. The van der Waals surface area contributed by atoms with Gasteiger partial charge in [0.1, 0.15) is 0 Å². The molecule has 0 spiro atoms. The van der Waals surface area contributed by atoms with Crippen LogP contribution in [0.3, 0.4) is 0 Å². The van der Waals surface area contributed by atoms with Crippen molar-refractivity contribution in [1.82, 2.24) is 9.80 Å². The molecule has 1 amide bonds. The minimum atomic E-state index is -0.314. The van der Waals surface area contributed by atoms with E-state index in [0.717, 1.165) is 68.0 Å². The maximum Gasteiger partial charge on any atom is 0.280 e. The third kappa shape index (κ3) is 5.96. The Kier molecular flexibility index (Phi) is 8.50. The van der Waals surface area contributed by atoms with Crippen LogP contribution in [-0.4, -0.2) is 80.4 Å². The van der Waals surface area contributed by atoms with Crippen molar-refractivity contribution >= 4 is 17.6 Å². The molecule has 0 aliphatic carbocycles. The van der Waals surface area contributed by atoms with Crippen molar-refractivity contribution in [2.45, 2.75) is 57.4 Å². The molecule has 0 radical (unpaired) electrons. The summed E-state index contributed by atoms with van der Waals surface area (Å²) in [5, 5.41) is 0. The van der Waals surface area contributed by atoms with Crippen LogP contribution >= 0.6 is 0 Å². The minimum absolute atomic E-state index is 0.204. The summed E-state index contributed by atoms with van der Waals surface area (Å²) in [7, 11) is 3.84. The molecule has 0 bridgehead atoms. The molecule has 2 atom stereocenters. The largest absolute Gasteiger partial charge is 0.493 e. The summed E-state index contributed by atoms with van der Waals surface area (Å²) in [5.41, 5.74) is 11.0. The lowest BCUT2D eigenvalue weighted by atomic mass is 9.79. The number of fused-ring (bicyclic) bond motifs is 3. The molecule has 0 saturated carbocycles. The van der Waals surface area contributed by atoms with E-state index in [1.165, 1.54) is 24.8 Å². The smallest absolute Gasteiger partial charge is 0.280 e. The number of likely N-dealkylation sites (tertiary alicyclic amines) is 2. The molecule has 5 rings (SSSR count). The normalized spacial score (nSPS) is 22.2. The van der Waals surface area contributed by atoms with Crippen LogP contribution < -0.4 is 15.2 Å². The summed E-state index contributed by atoms with van der Waals surface area (Å²) in [6.07, 6.45) is 6.83. The third-order valence-electron chi connectivity index (χ3n) is 8.17. The average Bonchev–Trinajstić information content (AvgIpc) is 2.92. The van der Waals surface area contributed by atoms with E-state index < -0.39 is 0 Å². The molecule has 2 saturated heterocycles. The lowest BCUT2D eigenvalue weighted by Crippen LogP contribution is -2.41. The first-order valence-corrected chi connectivity index (χ1v) is 14.3. The van der Waals surface area contributed by atoms with Crippen molar-refractivity contribution < 1.29 is 14.3 Å². The van der Waals surface area contributed by atoms with Gasteiger partial charge in [-0.15, -0.1) is 0 Å². The second-order valence-corrected chi connectivity index (χ2v) is 10.8. The van der Waals surface area contributed by atoms with Crippen LogP contribution in [0.5, 0.6) is 11.5 Å². The van der Waals surface area contributed by atoms with Gasteiger partial charge in [0.15, 0.2) is 17.5 Å². The predicted octanol–water partition coefficient (Wildman–Crippen LogP) is 4.45. The Hall–Kier alpha value is -3.39. The highest BCUT2D eigenvalue weighted by atomic mass is 16.5. The number of nitrogens with two attached hydrogens (primary N) is 1. The van der Waals surface area contributed by atoms with E-state index in [1.54, 1.807) is 7.11 Å². The molecule has 0 aromatic heterocycles. The molecule has 3 heterocycles. The molecule has 208 valence electrons. The molecule has 2 aromatic rings. The van der Waals surface area contributed by atoms with E-state index in [9.17, 15) is 4.79 Å². The van der Waals surface area contributed by atoms with E-state index >= 15 is 0 Å². The molecule has 3 aliphatic heterocycles. The van der Waals surface area contributed by atoms with Crippen LogP contribution in [0, 0.1) is 0 Å². The fourth-order valence-corrected chi connectivity index (χ4v) is 6.03. The first kappa shape index (κ1) is 27.2. The summed E-state index contributed by atoms with van der Waals surface area (Å²) in [6, 6.07) is 12.0. The number of amides is 1. The number of ether oxygens (including phenoxy) is 2. The van der Waals surface area contributed by atoms with E-state index in [1.807, 2.05) is 36.1 Å². The van der Waals surface area contributed by atoms with Crippen LogP contribution in [0.25, 0.3) is 0 Å². The molecule has 0 unspecified atom stereocenters. The van der Waals surface area contributed by atoms with E-state index in [0.29, 0.717) is 29.8 Å². The van der Waals surface area contributed by atoms with Crippen LogP contribution in [0.1, 0.15) is 78.4 Å². The quantitative estimate of drug-likeness (QED) is 0.453. The van der Waals surface area contributed by atoms with Crippen molar-refractivity contribution in [3.63, 3.8) is 0 Å². The van der Waals surface area contributed by atoms with E-state index in [2.05, 4.69) is 29.1 Å². The number of carbonyl (C=O) groups is 1. The standard InChI is InChI=1S/C31H41N5O3/c1-4-39-28-18-23-24(19-27(28)38-3)29(33-26-14-17-35(2)20-25(23)26)21-10-12-22(13-11-21)30(37)34-31(32)36-15-8-6-5-7-9-16-36/h10-13,18-19,25-26H,4-9,14-17,20H2,1-3H3,(H2,32,34,37)/t25-,26-/m1/s1. The Morgan fingerprint density at radius 2 is 1.77 bits per heavy atom. The van der Waals surface area contributed by atoms with Crippen molar-refractivity contribution in [3.8, 4) is 11.5 Å². The van der Waals surface area contributed by atoms with Gasteiger partial charge >= 0.3 is 0 Å². The topological polar surface area (TPSA) is 92.7 Å². The van der Waals surface area contributed by atoms with Gasteiger partial charge in [-0.2, -0.15) is 4.99 Å². The fourth-order valence-electron chi connectivity index (χ4n) is 6.03. The lowest BCUT2D eigenvalue weighted by molar-refractivity contribution is 0.100. The molecule has 2 fully saturated rings. The van der Waals surface area contributed by atoms with Gasteiger partial charge in [0.05, 0.1) is 25.5 Å². The number of nitrogens with zero attached hydrogens (tertiary/aromatic N) is 4. The molecule has 8 heteroatoms. The number of likely N-dealkylation sites (N-methyl/N-ethyl adjacent to an activating group) is 1. The summed E-state index contributed by atoms with van der Waals surface area (Å²) in [5.74, 6) is 1.77. The van der Waals surface area contributed by atoms with Gasteiger partial charge in [0.25, 0.3) is 5.91 Å². The predicted molar refractivity (Wildman–Crippen MR) is 155 cm³/mol. The van der Waals surface area contributed by atoms with Gasteiger partial charge in [-0.3, -0.25) is 9.79 Å². The third-order valence-corrected chi connectivity index (χ3v) is 8.17. The molecule has 3 aliphatic rings. The molecular weight excluding hydrogens is 490 g/mol. The van der Waals surface area contributed by atoms with Gasteiger partial charge in [-0.25, -0.2) is 0 Å². The summed E-state index contributed by atoms with van der Waals surface area (Å²) in [6.45, 7) is 6.24. The highest BCUT2D eigenvalue weighted by Gasteiger charge is 2.36. The number of carbonyl (C=O) groups excluding carboxylic acids is 1. The molecular formula is C31H41N5O3. The first-order chi connectivity index (χ1) is 19.0. The zero-order valence-corrected chi connectivity index (χ0v) is 23.5. The zero-order valence-electron chi connectivity index (χ0n) is 23.5. The van der Waals surface area contributed by atoms with Crippen LogP contribution in [-0.2, 0) is 0 Å². The summed E-state index contributed by atoms with van der Waals surface area (Å²) >= 11 is 0. The first-order valence-electron chi connectivity index (χ1n) is 14.3. The summed E-state index contributed by atoms with van der Waals surface area (Å²) in [4.78, 5) is 26.9. The van der Waals surface area contributed by atoms with Crippen molar-refractivity contribution in [3.05, 3.63) is 58.7 Å². The molecule has 39 heavy (non-hydrogen) atoms. The fraction of sp³-hybridized carbons (Fsp3) is 0.516. The van der Waals surface area contributed by atoms with Gasteiger partial charge in [0, 0.05) is 42.2 Å². The zero-order chi connectivity index (χ0) is 27.4. The van der Waals surface area contributed by atoms with Gasteiger partial charge in [-0.1, -0.05) is 31.4 Å². The summed E-state index contributed by atoms with van der Waals surface area (Å²) < 4.78 is 11.6. The van der Waals surface area contributed by atoms with Gasteiger partial charge in [0.2, 0.25) is 0 Å². The SMILES string of the molecule is CCOc1cc2c(cc1OC)C(c1ccc(C(=O)/N=C(/N)N3CCCCCCC3)cc1)=N[C@@H]1CCN(C)C[C@H]21. The second kappa shape index (κ2) is 12.2. The number of aliphatic imine (C=N–C) groups is 2. The number of rotatable bonds is 5. The van der Waals surface area contributed by atoms with E-state index in [4.69, 9.17) is 20.2 Å².